The lowest BCUT2D eigenvalue weighted by Gasteiger charge is -2.45. The van der Waals surface area contributed by atoms with Crippen molar-refractivity contribution in [2.45, 2.75) is 29.2 Å². The number of para-hydroxylation sites is 2. The van der Waals surface area contributed by atoms with Crippen molar-refractivity contribution in [2.75, 3.05) is 23.6 Å². The van der Waals surface area contributed by atoms with Crippen molar-refractivity contribution in [3.8, 4) is 5.75 Å². The van der Waals surface area contributed by atoms with E-state index >= 15 is 0 Å². The van der Waals surface area contributed by atoms with Crippen LogP contribution < -0.4 is 14.6 Å². The van der Waals surface area contributed by atoms with Gasteiger partial charge in [0, 0.05) is 22.1 Å². The minimum Gasteiger partial charge on any atom is -0.497 e. The number of hydrazone groups is 1. The van der Waals surface area contributed by atoms with Crippen molar-refractivity contribution < 1.29 is 14.3 Å². The highest BCUT2D eigenvalue weighted by molar-refractivity contribution is 7.99. The van der Waals surface area contributed by atoms with Crippen molar-refractivity contribution in [1.29, 1.82) is 0 Å². The second kappa shape index (κ2) is 10.5. The lowest BCUT2D eigenvalue weighted by atomic mass is 9.88. The van der Waals surface area contributed by atoms with Gasteiger partial charge in [0.1, 0.15) is 5.75 Å². The molecule has 2 unspecified atom stereocenters. The maximum atomic E-state index is 13.6. The molecule has 0 amide bonds. The standard InChI is InChI=1S/C32H29N3O3S/c1-3-38-31(36)30-33-35(25-14-8-5-9-15-25)32(24-12-6-4-7-13-24)22-29(23-18-20-26(37-2)21-19-23)39-28-17-11-10-16-27(28)34(30)32/h4-21,29H,3,22H2,1-2H3. The molecule has 6 nitrogen and oxygen atoms in total. The zero-order valence-electron chi connectivity index (χ0n) is 21.9. The van der Waals surface area contributed by atoms with Crippen LogP contribution in [-0.4, -0.2) is 25.5 Å². The third kappa shape index (κ3) is 4.33. The number of fused-ring (bicyclic) bond motifs is 3. The van der Waals surface area contributed by atoms with E-state index in [1.54, 1.807) is 18.9 Å². The Labute approximate surface area is 232 Å². The number of anilines is 2. The average molecular weight is 536 g/mol. The van der Waals surface area contributed by atoms with E-state index in [1.165, 1.54) is 5.56 Å². The van der Waals surface area contributed by atoms with Gasteiger partial charge in [0.15, 0.2) is 5.66 Å². The van der Waals surface area contributed by atoms with Gasteiger partial charge in [0.25, 0.3) is 0 Å². The van der Waals surface area contributed by atoms with Gasteiger partial charge in [-0.15, -0.1) is 16.9 Å². The van der Waals surface area contributed by atoms with Gasteiger partial charge in [-0.2, -0.15) is 0 Å². The molecule has 0 radical (unpaired) electrons. The molecule has 7 heteroatoms. The van der Waals surface area contributed by atoms with Crippen LogP contribution in [0.15, 0.2) is 119 Å². The minimum atomic E-state index is -0.838. The first kappa shape index (κ1) is 25.1. The Morgan fingerprint density at radius 1 is 0.923 bits per heavy atom. The molecule has 0 N–H and O–H groups in total. The van der Waals surface area contributed by atoms with Crippen molar-refractivity contribution in [3.05, 3.63) is 120 Å². The van der Waals surface area contributed by atoms with Gasteiger partial charge in [-0.05, 0) is 48.9 Å². The molecule has 196 valence electrons. The minimum absolute atomic E-state index is 0.0465. The van der Waals surface area contributed by atoms with Crippen molar-refractivity contribution >= 4 is 34.9 Å². The van der Waals surface area contributed by atoms with Crippen molar-refractivity contribution in [3.63, 3.8) is 0 Å². The van der Waals surface area contributed by atoms with E-state index in [2.05, 4.69) is 41.3 Å². The molecule has 0 saturated heterocycles. The van der Waals surface area contributed by atoms with Crippen LogP contribution in [0.3, 0.4) is 0 Å². The molecule has 0 aliphatic carbocycles. The zero-order valence-corrected chi connectivity index (χ0v) is 22.7. The predicted octanol–water partition coefficient (Wildman–Crippen LogP) is 6.99. The monoisotopic (exact) mass is 535 g/mol. The largest absolute Gasteiger partial charge is 0.497 e. The summed E-state index contributed by atoms with van der Waals surface area (Å²) < 4.78 is 11.0. The third-order valence-electron chi connectivity index (χ3n) is 7.15. The molecule has 0 spiro atoms. The molecular weight excluding hydrogens is 506 g/mol. The number of rotatable bonds is 6. The van der Waals surface area contributed by atoms with Gasteiger partial charge in [-0.1, -0.05) is 72.8 Å². The van der Waals surface area contributed by atoms with Crippen LogP contribution in [0.4, 0.5) is 11.4 Å². The fourth-order valence-corrected chi connectivity index (χ4v) is 6.78. The topological polar surface area (TPSA) is 54.4 Å². The fourth-order valence-electron chi connectivity index (χ4n) is 5.43. The van der Waals surface area contributed by atoms with Crippen molar-refractivity contribution in [2.24, 2.45) is 5.10 Å². The Hall–Kier alpha value is -4.23. The lowest BCUT2D eigenvalue weighted by Crippen LogP contribution is -2.55. The molecule has 4 aromatic rings. The quantitative estimate of drug-likeness (QED) is 0.248. The molecule has 0 bridgehead atoms. The van der Waals surface area contributed by atoms with Gasteiger partial charge in [-0.3, -0.25) is 4.90 Å². The second-order valence-corrected chi connectivity index (χ2v) is 10.6. The Bertz CT molecular complexity index is 1490. The molecular formula is C32H29N3O3S. The summed E-state index contributed by atoms with van der Waals surface area (Å²) in [6.45, 7) is 2.08. The average Bonchev–Trinajstić information content (AvgIpc) is 3.25. The number of esters is 1. The second-order valence-electron chi connectivity index (χ2n) is 9.36. The summed E-state index contributed by atoms with van der Waals surface area (Å²) in [5, 5.41) is 7.09. The van der Waals surface area contributed by atoms with Gasteiger partial charge in [-0.25, -0.2) is 9.80 Å². The van der Waals surface area contributed by atoms with Gasteiger partial charge < -0.3 is 9.47 Å². The first-order chi connectivity index (χ1) is 19.2. The Morgan fingerprint density at radius 3 is 2.28 bits per heavy atom. The number of hydrogen-bond acceptors (Lipinski definition) is 7. The third-order valence-corrected chi connectivity index (χ3v) is 8.48. The Kier molecular flexibility index (Phi) is 6.75. The van der Waals surface area contributed by atoms with E-state index in [4.69, 9.17) is 14.6 Å². The highest BCUT2D eigenvalue weighted by Crippen LogP contribution is 2.57. The molecule has 2 aliphatic rings. The van der Waals surface area contributed by atoms with Crippen LogP contribution in [-0.2, 0) is 15.2 Å². The number of methoxy groups -OCH3 is 1. The molecule has 0 fully saturated rings. The van der Waals surface area contributed by atoms with E-state index in [-0.39, 0.29) is 17.7 Å². The van der Waals surface area contributed by atoms with Crippen LogP contribution in [0.5, 0.6) is 5.75 Å². The highest BCUT2D eigenvalue weighted by atomic mass is 32.2. The van der Waals surface area contributed by atoms with Crippen LogP contribution >= 0.6 is 11.8 Å². The maximum Gasteiger partial charge on any atom is 0.376 e. The number of nitrogens with zero attached hydrogens (tertiary/aromatic N) is 3. The maximum absolute atomic E-state index is 13.6. The summed E-state index contributed by atoms with van der Waals surface area (Å²) in [6, 6.07) is 36.9. The normalized spacial score (nSPS) is 19.9. The summed E-state index contributed by atoms with van der Waals surface area (Å²) in [5.41, 5.74) is 3.18. The fraction of sp³-hybridized carbons (Fsp3) is 0.188. The van der Waals surface area contributed by atoms with E-state index in [9.17, 15) is 4.79 Å². The van der Waals surface area contributed by atoms with E-state index in [0.717, 1.165) is 27.6 Å². The van der Waals surface area contributed by atoms with Crippen LogP contribution in [0.2, 0.25) is 0 Å². The summed E-state index contributed by atoms with van der Waals surface area (Å²) in [6.07, 6.45) is 0.643. The van der Waals surface area contributed by atoms with E-state index in [0.29, 0.717) is 6.42 Å². The number of benzene rings is 4. The molecule has 2 aliphatic heterocycles. The van der Waals surface area contributed by atoms with Crippen LogP contribution in [0.25, 0.3) is 0 Å². The summed E-state index contributed by atoms with van der Waals surface area (Å²) in [5.74, 6) is 0.642. The smallest absolute Gasteiger partial charge is 0.376 e. The lowest BCUT2D eigenvalue weighted by molar-refractivity contribution is -0.135. The summed E-state index contributed by atoms with van der Waals surface area (Å²) in [7, 11) is 1.68. The first-order valence-corrected chi connectivity index (χ1v) is 13.9. The molecule has 0 aromatic heterocycles. The number of ether oxygens (including phenoxy) is 2. The number of hydrogen-bond donors (Lipinski definition) is 0. The van der Waals surface area contributed by atoms with Crippen LogP contribution in [0.1, 0.15) is 29.7 Å². The molecule has 4 aromatic carbocycles. The number of carbonyl (C=O) groups is 1. The molecule has 2 heterocycles. The van der Waals surface area contributed by atoms with Gasteiger partial charge in [0.05, 0.1) is 25.1 Å². The predicted molar refractivity (Wildman–Crippen MR) is 156 cm³/mol. The Balaban J connectivity index is 1.64. The van der Waals surface area contributed by atoms with E-state index < -0.39 is 11.6 Å². The Morgan fingerprint density at radius 2 is 1.59 bits per heavy atom. The molecule has 39 heavy (non-hydrogen) atoms. The molecule has 6 rings (SSSR count). The number of carbonyl (C=O) groups excluding carboxylic acids is 1. The molecule has 2 atom stereocenters. The van der Waals surface area contributed by atoms with Crippen LogP contribution in [0, 0.1) is 0 Å². The summed E-state index contributed by atoms with van der Waals surface area (Å²) in [4.78, 5) is 16.7. The SMILES string of the molecule is CCOC(=O)C1=NN(c2ccccc2)C2(c3ccccc3)CC(c3ccc(OC)cc3)Sc3ccccc3N12. The van der Waals surface area contributed by atoms with E-state index in [1.807, 2.05) is 84.7 Å². The zero-order chi connectivity index (χ0) is 26.8. The van der Waals surface area contributed by atoms with Crippen molar-refractivity contribution in [1.82, 2.24) is 0 Å². The highest BCUT2D eigenvalue weighted by Gasteiger charge is 2.56. The molecule has 0 saturated carbocycles. The van der Waals surface area contributed by atoms with Gasteiger partial charge >= 0.3 is 5.97 Å². The number of thioether (sulfide) groups is 1. The first-order valence-electron chi connectivity index (χ1n) is 13.0. The number of amidine groups is 1. The summed E-state index contributed by atoms with van der Waals surface area (Å²) >= 11 is 1.80. The van der Waals surface area contributed by atoms with Gasteiger partial charge in [0.2, 0.25) is 5.84 Å².